The van der Waals surface area contributed by atoms with Crippen LogP contribution >= 0.6 is 0 Å². The highest BCUT2D eigenvalue weighted by molar-refractivity contribution is 5.93. The number of alkyl halides is 2. The number of nitrogens with two attached hydrogens (primary N) is 1. The number of ether oxygens (including phenoxy) is 1. The zero-order valence-electron chi connectivity index (χ0n) is 14.3. The van der Waals surface area contributed by atoms with Crippen LogP contribution in [-0.2, 0) is 7.05 Å². The molecule has 1 saturated carbocycles. The molecule has 2 aromatic rings. The van der Waals surface area contributed by atoms with Gasteiger partial charge in [-0.3, -0.25) is 9.48 Å². The number of allylic oxidation sites excluding steroid dienone is 1. The van der Waals surface area contributed by atoms with Crippen molar-refractivity contribution in [3.63, 3.8) is 0 Å². The topological polar surface area (TPSA) is 90.4 Å². The molecule has 0 spiro atoms. The van der Waals surface area contributed by atoms with Gasteiger partial charge in [-0.2, -0.15) is 13.9 Å². The molecule has 1 unspecified atom stereocenters. The first kappa shape index (κ1) is 17.9. The minimum atomic E-state index is -3.46. The standard InChI is InChI=1S/C19H12F3N3O3/c1-25-13(4-5-24-25)16-14(3-2-12-15(16)17(26)19(12,21)22)28-11-7-9(18(23)27)6-10(20)8-11/h4-8,17,26H,1H3,(H2,23,27). The van der Waals surface area contributed by atoms with Crippen LogP contribution < -0.4 is 10.5 Å². The third kappa shape index (κ3) is 2.58. The minimum absolute atomic E-state index is 0.0751. The van der Waals surface area contributed by atoms with Crippen LogP contribution in [0.15, 0.2) is 58.8 Å². The Hall–Kier alpha value is -3.51. The summed E-state index contributed by atoms with van der Waals surface area (Å²) < 4.78 is 48.7. The lowest BCUT2D eigenvalue weighted by atomic mass is 9.73. The average Bonchev–Trinajstić information content (AvgIpc) is 3.06. The molecule has 142 valence electrons. The molecular formula is C19H12F3N3O3. The number of hydrogen-bond acceptors (Lipinski definition) is 4. The van der Waals surface area contributed by atoms with Crippen molar-refractivity contribution in [2.75, 3.05) is 0 Å². The van der Waals surface area contributed by atoms with Gasteiger partial charge in [0.1, 0.15) is 17.7 Å². The molecule has 0 saturated heterocycles. The van der Waals surface area contributed by atoms with Crippen LogP contribution in [0.5, 0.6) is 5.75 Å². The number of carbonyl (C=O) groups excluding carboxylic acids is 1. The molecule has 2 aliphatic carbocycles. The van der Waals surface area contributed by atoms with E-state index in [0.29, 0.717) is 5.69 Å². The van der Waals surface area contributed by atoms with Gasteiger partial charge in [-0.05, 0) is 23.9 Å². The van der Waals surface area contributed by atoms with Crippen molar-refractivity contribution in [3.05, 3.63) is 75.9 Å². The van der Waals surface area contributed by atoms with Gasteiger partial charge in [-0.15, -0.1) is 0 Å². The molecule has 1 fully saturated rings. The average molecular weight is 387 g/mol. The zero-order valence-corrected chi connectivity index (χ0v) is 14.3. The summed E-state index contributed by atoms with van der Waals surface area (Å²) in [5, 5.41) is 14.0. The molecule has 1 atom stereocenters. The van der Waals surface area contributed by atoms with E-state index < -0.39 is 29.3 Å². The van der Waals surface area contributed by atoms with Crippen molar-refractivity contribution >= 4 is 11.5 Å². The van der Waals surface area contributed by atoms with Gasteiger partial charge in [0, 0.05) is 30.4 Å². The van der Waals surface area contributed by atoms with Crippen LogP contribution in [0.25, 0.3) is 5.57 Å². The fourth-order valence-electron chi connectivity index (χ4n) is 3.10. The van der Waals surface area contributed by atoms with Crippen LogP contribution in [0.4, 0.5) is 13.2 Å². The second kappa shape index (κ2) is 6.00. The van der Waals surface area contributed by atoms with Crippen molar-refractivity contribution in [2.24, 2.45) is 12.8 Å². The van der Waals surface area contributed by atoms with E-state index in [9.17, 15) is 23.1 Å². The number of rotatable bonds is 4. The molecule has 1 aromatic carbocycles. The van der Waals surface area contributed by atoms with Crippen LogP contribution in [-0.4, -0.2) is 32.8 Å². The maximum absolute atomic E-state index is 13.9. The molecule has 0 radical (unpaired) electrons. The van der Waals surface area contributed by atoms with Crippen molar-refractivity contribution in [2.45, 2.75) is 12.0 Å². The van der Waals surface area contributed by atoms with Crippen LogP contribution in [0, 0.1) is 5.82 Å². The molecule has 3 N–H and O–H groups in total. The maximum atomic E-state index is 13.9. The van der Waals surface area contributed by atoms with Gasteiger partial charge in [0.05, 0.1) is 16.8 Å². The van der Waals surface area contributed by atoms with E-state index in [1.54, 1.807) is 13.1 Å². The highest BCUT2D eigenvalue weighted by Crippen LogP contribution is 2.52. The Morgan fingerprint density at radius 3 is 2.75 bits per heavy atom. The van der Waals surface area contributed by atoms with E-state index in [-0.39, 0.29) is 28.2 Å². The summed E-state index contributed by atoms with van der Waals surface area (Å²) in [6, 6.07) is 4.68. The van der Waals surface area contributed by atoms with E-state index in [4.69, 9.17) is 10.5 Å². The number of aliphatic hydroxyl groups is 1. The highest BCUT2D eigenvalue weighted by atomic mass is 19.3. The van der Waals surface area contributed by atoms with Gasteiger partial charge in [-0.25, -0.2) is 4.39 Å². The van der Waals surface area contributed by atoms with Crippen molar-refractivity contribution in [3.8, 4) is 5.75 Å². The van der Waals surface area contributed by atoms with E-state index in [2.05, 4.69) is 16.6 Å². The van der Waals surface area contributed by atoms with Gasteiger partial charge < -0.3 is 15.6 Å². The summed E-state index contributed by atoms with van der Waals surface area (Å²) in [4.78, 5) is 11.3. The van der Waals surface area contributed by atoms with Gasteiger partial charge >= 0.3 is 5.92 Å². The Morgan fingerprint density at radius 2 is 2.11 bits per heavy atom. The van der Waals surface area contributed by atoms with Crippen LogP contribution in [0.3, 0.4) is 0 Å². The Labute approximate surface area is 156 Å². The number of carbonyl (C=O) groups is 1. The lowest BCUT2D eigenvalue weighted by Crippen LogP contribution is -2.50. The number of primary amides is 1. The summed E-state index contributed by atoms with van der Waals surface area (Å²) >= 11 is 0. The normalized spacial score (nSPS) is 19.5. The number of fused-ring (bicyclic) bond motifs is 1. The lowest BCUT2D eigenvalue weighted by Gasteiger charge is -2.39. The van der Waals surface area contributed by atoms with E-state index in [0.717, 1.165) is 12.1 Å². The van der Waals surface area contributed by atoms with Gasteiger partial charge in [0.2, 0.25) is 5.91 Å². The highest BCUT2D eigenvalue weighted by Gasteiger charge is 2.59. The smallest absolute Gasteiger partial charge is 0.310 e. The first-order valence-electron chi connectivity index (χ1n) is 8.04. The van der Waals surface area contributed by atoms with Crippen molar-refractivity contribution < 1.29 is 27.8 Å². The van der Waals surface area contributed by atoms with Gasteiger partial charge in [0.25, 0.3) is 0 Å². The first-order chi connectivity index (χ1) is 13.2. The maximum Gasteiger partial charge on any atom is 0.310 e. The number of hydrogen-bond donors (Lipinski definition) is 2. The molecule has 2 aliphatic rings. The lowest BCUT2D eigenvalue weighted by molar-refractivity contribution is -0.0908. The molecular weight excluding hydrogens is 375 g/mol. The van der Waals surface area contributed by atoms with Gasteiger partial charge in [-0.1, -0.05) is 5.73 Å². The molecule has 4 rings (SSSR count). The molecule has 1 aromatic heterocycles. The number of halogens is 3. The molecule has 6 nitrogen and oxygen atoms in total. The van der Waals surface area contributed by atoms with Crippen molar-refractivity contribution in [1.82, 2.24) is 9.78 Å². The Balaban J connectivity index is 1.86. The van der Waals surface area contributed by atoms with Gasteiger partial charge in [0.15, 0.2) is 5.76 Å². The summed E-state index contributed by atoms with van der Waals surface area (Å²) in [5.41, 5.74) is 9.74. The second-order valence-electron chi connectivity index (χ2n) is 6.25. The van der Waals surface area contributed by atoms with Crippen LogP contribution in [0.2, 0.25) is 0 Å². The third-order valence-corrected chi connectivity index (χ3v) is 4.47. The summed E-state index contributed by atoms with van der Waals surface area (Å²) in [7, 11) is 1.58. The van der Waals surface area contributed by atoms with E-state index in [1.165, 1.54) is 16.9 Å². The number of nitrogens with zero attached hydrogens (tertiary/aromatic N) is 2. The number of aliphatic hydroxyl groups excluding tert-OH is 1. The van der Waals surface area contributed by atoms with E-state index >= 15 is 0 Å². The zero-order chi connectivity index (χ0) is 20.2. The van der Waals surface area contributed by atoms with Crippen LogP contribution in [0.1, 0.15) is 16.1 Å². The first-order valence-corrected chi connectivity index (χ1v) is 8.04. The summed E-state index contributed by atoms with van der Waals surface area (Å²) in [6.07, 6.45) is -0.618. The Morgan fingerprint density at radius 1 is 1.36 bits per heavy atom. The summed E-state index contributed by atoms with van der Waals surface area (Å²) in [6.45, 7) is 0. The fraction of sp³-hybridized carbons (Fsp3) is 0.158. The number of amides is 1. The molecule has 1 amide bonds. The number of benzene rings is 1. The largest absolute Gasteiger partial charge is 0.448 e. The molecule has 9 heteroatoms. The predicted octanol–water partition coefficient (Wildman–Crippen LogP) is 2.08. The SMILES string of the molecule is Cn1nccc1C1=C2C(=C=C=C1Oc1cc(F)cc(C(N)=O)c1)C(F)(F)C2O. The minimum Gasteiger partial charge on any atom is -0.448 e. The fourth-order valence-corrected chi connectivity index (χ4v) is 3.10. The predicted molar refractivity (Wildman–Crippen MR) is 90.7 cm³/mol. The third-order valence-electron chi connectivity index (χ3n) is 4.47. The number of aromatic nitrogens is 2. The Bertz CT molecular complexity index is 1170. The molecule has 28 heavy (non-hydrogen) atoms. The van der Waals surface area contributed by atoms with Crippen molar-refractivity contribution in [1.29, 1.82) is 0 Å². The number of aryl methyl sites for hydroxylation is 1. The monoisotopic (exact) mass is 387 g/mol. The molecule has 1 heterocycles. The quantitative estimate of drug-likeness (QED) is 0.786. The Kier molecular flexibility index (Phi) is 3.83. The molecule has 0 aliphatic heterocycles. The summed E-state index contributed by atoms with van der Waals surface area (Å²) in [5.74, 6) is -5.28. The second-order valence-corrected chi connectivity index (χ2v) is 6.25. The van der Waals surface area contributed by atoms with E-state index in [1.807, 2.05) is 0 Å². The molecule has 0 bridgehead atoms.